The molecule has 162 valence electrons. The van der Waals surface area contributed by atoms with Crippen LogP contribution in [0.15, 0.2) is 41.5 Å². The molecule has 0 fully saturated rings. The van der Waals surface area contributed by atoms with E-state index in [2.05, 4.69) is 10.5 Å². The predicted octanol–water partition coefficient (Wildman–Crippen LogP) is 5.70. The first-order chi connectivity index (χ1) is 14.2. The van der Waals surface area contributed by atoms with Crippen molar-refractivity contribution >= 4 is 23.7 Å². The quantitative estimate of drug-likeness (QED) is 0.421. The molecule has 1 N–H and O–H groups in total. The normalized spacial score (nSPS) is 12.6. The van der Waals surface area contributed by atoms with Crippen LogP contribution in [0.3, 0.4) is 0 Å². The molecule has 0 aromatic heterocycles. The summed E-state index contributed by atoms with van der Waals surface area (Å²) in [4.78, 5) is 12.1. The van der Waals surface area contributed by atoms with E-state index in [1.54, 1.807) is 12.1 Å². The van der Waals surface area contributed by atoms with E-state index in [9.17, 15) is 18.0 Å². The molecule has 2 aromatic carbocycles. The van der Waals surface area contributed by atoms with Gasteiger partial charge in [0.25, 0.3) is 5.91 Å². The maximum atomic E-state index is 12.8. The Morgan fingerprint density at radius 3 is 2.63 bits per heavy atom. The second-order valence-electron chi connectivity index (χ2n) is 6.38. The Morgan fingerprint density at radius 2 is 2.00 bits per heavy atom. The molecule has 0 spiro atoms. The van der Waals surface area contributed by atoms with Crippen molar-refractivity contribution in [2.75, 3.05) is 6.61 Å². The van der Waals surface area contributed by atoms with Crippen LogP contribution in [0.25, 0.3) is 0 Å². The Labute approximate surface area is 177 Å². The van der Waals surface area contributed by atoms with Gasteiger partial charge in [-0.1, -0.05) is 24.6 Å². The summed E-state index contributed by atoms with van der Waals surface area (Å²) in [7, 11) is 0. The zero-order chi connectivity index (χ0) is 22.3. The van der Waals surface area contributed by atoms with Crippen LogP contribution in [0.4, 0.5) is 13.2 Å². The van der Waals surface area contributed by atoms with Gasteiger partial charge in [0.1, 0.15) is 0 Å². The minimum Gasteiger partial charge on any atom is -0.490 e. The van der Waals surface area contributed by atoms with E-state index in [1.807, 2.05) is 20.8 Å². The van der Waals surface area contributed by atoms with Crippen molar-refractivity contribution in [2.45, 2.75) is 39.5 Å². The summed E-state index contributed by atoms with van der Waals surface area (Å²) in [6.45, 7) is 6.09. The molecule has 1 amide bonds. The van der Waals surface area contributed by atoms with Crippen molar-refractivity contribution < 1.29 is 27.4 Å². The molecule has 0 radical (unpaired) electrons. The van der Waals surface area contributed by atoms with E-state index >= 15 is 0 Å². The maximum Gasteiger partial charge on any atom is 0.416 e. The number of amides is 1. The molecule has 0 bridgehead atoms. The highest BCUT2D eigenvalue weighted by Gasteiger charge is 2.30. The van der Waals surface area contributed by atoms with Crippen molar-refractivity contribution in [3.8, 4) is 11.5 Å². The number of ether oxygens (including phenoxy) is 2. The summed E-state index contributed by atoms with van der Waals surface area (Å²) in [6, 6.07) is 7.31. The number of benzene rings is 2. The molecule has 0 aliphatic rings. The van der Waals surface area contributed by atoms with E-state index in [0.29, 0.717) is 28.7 Å². The van der Waals surface area contributed by atoms with Crippen LogP contribution in [0, 0.1) is 0 Å². The summed E-state index contributed by atoms with van der Waals surface area (Å²) in [5.41, 5.74) is 1.65. The molecule has 0 saturated carbocycles. The predicted molar refractivity (Wildman–Crippen MR) is 110 cm³/mol. The fraction of sp³-hybridized carbons (Fsp3) is 0.333. The third-order valence-corrected chi connectivity index (χ3v) is 4.34. The lowest BCUT2D eigenvalue weighted by Gasteiger charge is -2.18. The van der Waals surface area contributed by atoms with Gasteiger partial charge in [0.2, 0.25) is 0 Å². The van der Waals surface area contributed by atoms with Gasteiger partial charge in [-0.2, -0.15) is 18.3 Å². The summed E-state index contributed by atoms with van der Waals surface area (Å²) in [5, 5.41) is 4.11. The fourth-order valence-corrected chi connectivity index (χ4v) is 2.65. The molecule has 0 saturated heterocycles. The van der Waals surface area contributed by atoms with Crippen molar-refractivity contribution in [1.82, 2.24) is 5.43 Å². The van der Waals surface area contributed by atoms with Crippen LogP contribution in [0.1, 0.15) is 48.7 Å². The monoisotopic (exact) mass is 442 g/mol. The molecule has 9 heteroatoms. The maximum absolute atomic E-state index is 12.8. The van der Waals surface area contributed by atoms with Gasteiger partial charge in [0.15, 0.2) is 11.5 Å². The fourth-order valence-electron chi connectivity index (χ4n) is 2.39. The topological polar surface area (TPSA) is 59.9 Å². The Balaban J connectivity index is 2.17. The number of hydrogen-bond donors (Lipinski definition) is 1. The van der Waals surface area contributed by atoms with Gasteiger partial charge in [-0.3, -0.25) is 4.79 Å². The Kier molecular flexibility index (Phi) is 8.11. The van der Waals surface area contributed by atoms with E-state index in [0.717, 1.165) is 24.6 Å². The Morgan fingerprint density at radius 1 is 1.27 bits per heavy atom. The van der Waals surface area contributed by atoms with Crippen molar-refractivity contribution in [1.29, 1.82) is 0 Å². The second-order valence-corrected chi connectivity index (χ2v) is 6.78. The Bertz CT molecular complexity index is 917. The number of carbonyl (C=O) groups is 1. The molecule has 30 heavy (non-hydrogen) atoms. The molecule has 0 aliphatic carbocycles. The smallest absolute Gasteiger partial charge is 0.416 e. The lowest BCUT2D eigenvalue weighted by molar-refractivity contribution is -0.137. The average Bonchev–Trinajstić information content (AvgIpc) is 2.70. The molecule has 1 atom stereocenters. The van der Waals surface area contributed by atoms with Gasteiger partial charge in [0.05, 0.1) is 29.5 Å². The van der Waals surface area contributed by atoms with Crippen LogP contribution in [0.2, 0.25) is 5.02 Å². The summed E-state index contributed by atoms with van der Waals surface area (Å²) in [6.07, 6.45) is -2.50. The molecule has 2 rings (SSSR count). The number of alkyl halides is 3. The van der Waals surface area contributed by atoms with Gasteiger partial charge >= 0.3 is 6.18 Å². The van der Waals surface area contributed by atoms with Gasteiger partial charge in [-0.15, -0.1) is 0 Å². The SMILES string of the molecule is CCOc1cc(/C=N\NC(=O)c2cccc(C(F)(F)F)c2)cc(Cl)c1O[C@@H](C)CC. The Hall–Kier alpha value is -2.74. The zero-order valence-corrected chi connectivity index (χ0v) is 17.5. The average molecular weight is 443 g/mol. The first-order valence-corrected chi connectivity index (χ1v) is 9.67. The van der Waals surface area contributed by atoms with Crippen LogP contribution in [-0.2, 0) is 6.18 Å². The van der Waals surface area contributed by atoms with E-state index in [1.165, 1.54) is 12.3 Å². The number of carbonyl (C=O) groups excluding carboxylic acids is 1. The van der Waals surface area contributed by atoms with Gasteiger partial charge in [-0.25, -0.2) is 5.43 Å². The molecular weight excluding hydrogens is 421 g/mol. The van der Waals surface area contributed by atoms with Crippen molar-refractivity contribution in [2.24, 2.45) is 5.10 Å². The highest BCUT2D eigenvalue weighted by Crippen LogP contribution is 2.37. The molecule has 5 nitrogen and oxygen atoms in total. The standard InChI is InChI=1S/C21H22ClF3N2O3/c1-4-13(3)30-19-17(22)9-14(10-18(19)29-5-2)12-26-27-20(28)15-7-6-8-16(11-15)21(23,24)25/h6-13H,4-5H2,1-3H3,(H,27,28)/b26-12-/t13-/m0/s1. The number of hydrazone groups is 1. The van der Waals surface area contributed by atoms with Crippen LogP contribution in [0.5, 0.6) is 11.5 Å². The summed E-state index contributed by atoms with van der Waals surface area (Å²) in [5.74, 6) is 0.0687. The van der Waals surface area contributed by atoms with Gasteiger partial charge in [-0.05, 0) is 56.2 Å². The number of hydrogen-bond acceptors (Lipinski definition) is 4. The largest absolute Gasteiger partial charge is 0.490 e. The summed E-state index contributed by atoms with van der Waals surface area (Å²) < 4.78 is 49.7. The highest BCUT2D eigenvalue weighted by atomic mass is 35.5. The van der Waals surface area contributed by atoms with E-state index in [-0.39, 0.29) is 11.7 Å². The lowest BCUT2D eigenvalue weighted by atomic mass is 10.1. The van der Waals surface area contributed by atoms with E-state index < -0.39 is 17.6 Å². The first kappa shape index (κ1) is 23.5. The van der Waals surface area contributed by atoms with E-state index in [4.69, 9.17) is 21.1 Å². The third kappa shape index (κ3) is 6.38. The van der Waals surface area contributed by atoms with Crippen molar-refractivity contribution in [3.05, 3.63) is 58.1 Å². The molecular formula is C21H22ClF3N2O3. The molecule has 2 aromatic rings. The van der Waals surface area contributed by atoms with Crippen LogP contribution < -0.4 is 14.9 Å². The minimum absolute atomic E-state index is 0.0621. The summed E-state index contributed by atoms with van der Waals surface area (Å²) >= 11 is 6.31. The number of halogens is 4. The molecule has 0 unspecified atom stereocenters. The zero-order valence-electron chi connectivity index (χ0n) is 16.7. The van der Waals surface area contributed by atoms with Gasteiger partial charge in [0, 0.05) is 5.56 Å². The molecule has 0 aliphatic heterocycles. The second kappa shape index (κ2) is 10.3. The van der Waals surface area contributed by atoms with Crippen molar-refractivity contribution in [3.63, 3.8) is 0 Å². The number of rotatable bonds is 8. The van der Waals surface area contributed by atoms with Gasteiger partial charge < -0.3 is 9.47 Å². The first-order valence-electron chi connectivity index (χ1n) is 9.29. The third-order valence-electron chi connectivity index (χ3n) is 4.06. The highest BCUT2D eigenvalue weighted by molar-refractivity contribution is 6.32. The van der Waals surface area contributed by atoms with Crippen LogP contribution in [-0.4, -0.2) is 24.8 Å². The minimum atomic E-state index is -4.54. The number of nitrogens with zero attached hydrogens (tertiary/aromatic N) is 1. The number of nitrogens with one attached hydrogen (secondary N) is 1. The lowest BCUT2D eigenvalue weighted by Crippen LogP contribution is -2.18. The van der Waals surface area contributed by atoms with Crippen LogP contribution >= 0.6 is 11.6 Å². The molecule has 0 heterocycles.